The molecule has 0 unspecified atom stereocenters. The average molecular weight is 324 g/mol. The van der Waals surface area contributed by atoms with Gasteiger partial charge in [-0.3, -0.25) is 4.79 Å². The highest BCUT2D eigenvalue weighted by atomic mass is 79.9. The number of fused-ring (bicyclic) bond motifs is 1. The van der Waals surface area contributed by atoms with Gasteiger partial charge in [-0.05, 0) is 43.5 Å². The van der Waals surface area contributed by atoms with Crippen molar-refractivity contribution in [1.29, 1.82) is 0 Å². The number of hydrogen-bond donors (Lipinski definition) is 2. The second kappa shape index (κ2) is 5.13. The summed E-state index contributed by atoms with van der Waals surface area (Å²) in [6, 6.07) is 6.22. The monoisotopic (exact) mass is 323 g/mol. The second-order valence-corrected chi connectivity index (χ2v) is 6.31. The van der Waals surface area contributed by atoms with Gasteiger partial charge in [-0.2, -0.15) is 0 Å². The van der Waals surface area contributed by atoms with Crippen molar-refractivity contribution < 1.29 is 4.79 Å². The van der Waals surface area contributed by atoms with E-state index < -0.39 is 0 Å². The standard InChI is InChI=1S/C14H18BrN3O/c15-10-3-4-11(14(16)19)13(6-10)18-7-9-2-1-5-17-12(9)8-18/h3-4,6,9,12,17H,1-2,5,7-8H2,(H2,16,19)/t9-,12+/m0/s1. The van der Waals surface area contributed by atoms with Gasteiger partial charge in [0.2, 0.25) is 0 Å². The first-order valence-corrected chi connectivity index (χ1v) is 7.52. The molecule has 4 nitrogen and oxygen atoms in total. The predicted molar refractivity (Wildman–Crippen MR) is 79.4 cm³/mol. The van der Waals surface area contributed by atoms with Crippen molar-refractivity contribution in [2.45, 2.75) is 18.9 Å². The van der Waals surface area contributed by atoms with Crippen LogP contribution in [0.15, 0.2) is 22.7 Å². The van der Waals surface area contributed by atoms with Crippen LogP contribution in [0.5, 0.6) is 0 Å². The Hall–Kier alpha value is -1.07. The van der Waals surface area contributed by atoms with E-state index >= 15 is 0 Å². The summed E-state index contributed by atoms with van der Waals surface area (Å²) in [4.78, 5) is 13.9. The molecule has 19 heavy (non-hydrogen) atoms. The van der Waals surface area contributed by atoms with Crippen molar-refractivity contribution >= 4 is 27.5 Å². The molecular weight excluding hydrogens is 306 g/mol. The highest BCUT2D eigenvalue weighted by Gasteiger charge is 2.35. The third-order valence-electron chi connectivity index (χ3n) is 4.17. The molecule has 5 heteroatoms. The summed E-state index contributed by atoms with van der Waals surface area (Å²) in [6.45, 7) is 3.08. The van der Waals surface area contributed by atoms with E-state index in [4.69, 9.17) is 5.73 Å². The number of nitrogens with zero attached hydrogens (tertiary/aromatic N) is 1. The lowest BCUT2D eigenvalue weighted by Gasteiger charge is -2.24. The second-order valence-electron chi connectivity index (χ2n) is 5.39. The van der Waals surface area contributed by atoms with Crippen LogP contribution in [-0.2, 0) is 0 Å². The van der Waals surface area contributed by atoms with E-state index in [1.807, 2.05) is 12.1 Å². The fourth-order valence-corrected chi connectivity index (χ4v) is 3.57. The third kappa shape index (κ3) is 2.49. The van der Waals surface area contributed by atoms with E-state index in [2.05, 4.69) is 26.1 Å². The molecule has 1 amide bonds. The Morgan fingerprint density at radius 3 is 3.00 bits per heavy atom. The molecule has 1 aromatic rings. The van der Waals surface area contributed by atoms with Crippen molar-refractivity contribution in [2.75, 3.05) is 24.5 Å². The minimum absolute atomic E-state index is 0.356. The lowest BCUT2D eigenvalue weighted by Crippen LogP contribution is -2.40. The van der Waals surface area contributed by atoms with Crippen LogP contribution in [0, 0.1) is 5.92 Å². The number of piperidine rings is 1. The molecule has 0 bridgehead atoms. The largest absolute Gasteiger partial charge is 0.369 e. The molecule has 2 aliphatic rings. The van der Waals surface area contributed by atoms with Crippen molar-refractivity contribution in [2.24, 2.45) is 11.7 Å². The molecule has 0 aromatic heterocycles. The van der Waals surface area contributed by atoms with Gasteiger partial charge in [-0.1, -0.05) is 15.9 Å². The Kier molecular flexibility index (Phi) is 3.50. The van der Waals surface area contributed by atoms with Crippen LogP contribution < -0.4 is 16.0 Å². The van der Waals surface area contributed by atoms with Crippen LogP contribution in [0.1, 0.15) is 23.2 Å². The van der Waals surface area contributed by atoms with E-state index in [1.165, 1.54) is 12.8 Å². The number of rotatable bonds is 2. The van der Waals surface area contributed by atoms with E-state index in [0.717, 1.165) is 29.8 Å². The fraction of sp³-hybridized carbons (Fsp3) is 0.500. The van der Waals surface area contributed by atoms with Crippen LogP contribution in [-0.4, -0.2) is 31.6 Å². The minimum Gasteiger partial charge on any atom is -0.369 e. The molecule has 1 aromatic carbocycles. The maximum Gasteiger partial charge on any atom is 0.250 e. The molecule has 3 rings (SSSR count). The first-order valence-electron chi connectivity index (χ1n) is 6.73. The summed E-state index contributed by atoms with van der Waals surface area (Å²) in [5, 5.41) is 3.57. The van der Waals surface area contributed by atoms with Crippen molar-refractivity contribution in [1.82, 2.24) is 5.32 Å². The Labute approximate surface area is 121 Å². The van der Waals surface area contributed by atoms with Gasteiger partial charge in [0.05, 0.1) is 11.3 Å². The summed E-state index contributed by atoms with van der Waals surface area (Å²) in [5.41, 5.74) is 7.05. The summed E-state index contributed by atoms with van der Waals surface area (Å²) in [5.74, 6) is 0.332. The predicted octanol–water partition coefficient (Wildman–Crippen LogP) is 1.74. The SMILES string of the molecule is NC(=O)c1ccc(Br)cc1N1C[C@@H]2CCCN[C@@H]2C1. The Morgan fingerprint density at radius 1 is 1.42 bits per heavy atom. The molecule has 2 aliphatic heterocycles. The molecule has 102 valence electrons. The smallest absolute Gasteiger partial charge is 0.250 e. The number of halogens is 1. The molecule has 2 atom stereocenters. The van der Waals surface area contributed by atoms with Gasteiger partial charge in [-0.15, -0.1) is 0 Å². The maximum absolute atomic E-state index is 11.6. The number of carbonyl (C=O) groups is 1. The van der Waals surface area contributed by atoms with Crippen molar-refractivity contribution in [3.63, 3.8) is 0 Å². The van der Waals surface area contributed by atoms with Crippen LogP contribution in [0.2, 0.25) is 0 Å². The average Bonchev–Trinajstić information content (AvgIpc) is 2.81. The number of primary amides is 1. The van der Waals surface area contributed by atoms with Crippen LogP contribution >= 0.6 is 15.9 Å². The van der Waals surface area contributed by atoms with Gasteiger partial charge < -0.3 is 16.0 Å². The number of carbonyl (C=O) groups excluding carboxylic acids is 1. The normalized spacial score (nSPS) is 26.3. The van der Waals surface area contributed by atoms with Gasteiger partial charge in [0.15, 0.2) is 0 Å². The number of anilines is 1. The van der Waals surface area contributed by atoms with E-state index in [-0.39, 0.29) is 5.91 Å². The van der Waals surface area contributed by atoms with Gasteiger partial charge in [0, 0.05) is 23.6 Å². The van der Waals surface area contributed by atoms with Crippen molar-refractivity contribution in [3.05, 3.63) is 28.2 Å². The van der Waals surface area contributed by atoms with Crippen LogP contribution in [0.3, 0.4) is 0 Å². The van der Waals surface area contributed by atoms with Crippen molar-refractivity contribution in [3.8, 4) is 0 Å². The summed E-state index contributed by atoms with van der Waals surface area (Å²) < 4.78 is 0.982. The lowest BCUT2D eigenvalue weighted by atomic mass is 9.94. The van der Waals surface area contributed by atoms with Crippen LogP contribution in [0.4, 0.5) is 5.69 Å². The molecule has 2 saturated heterocycles. The Bertz CT molecular complexity index is 491. The van der Waals surface area contributed by atoms with E-state index in [0.29, 0.717) is 17.5 Å². The maximum atomic E-state index is 11.6. The molecular formula is C14H18BrN3O. The number of nitrogens with two attached hydrogens (primary N) is 1. The Morgan fingerprint density at radius 2 is 2.26 bits per heavy atom. The van der Waals surface area contributed by atoms with E-state index in [1.54, 1.807) is 6.07 Å². The zero-order valence-corrected chi connectivity index (χ0v) is 12.3. The topological polar surface area (TPSA) is 58.4 Å². The number of hydrogen-bond acceptors (Lipinski definition) is 3. The summed E-state index contributed by atoms with van der Waals surface area (Å²) in [7, 11) is 0. The molecule has 0 radical (unpaired) electrons. The van der Waals surface area contributed by atoms with E-state index in [9.17, 15) is 4.79 Å². The Balaban J connectivity index is 1.90. The van der Waals surface area contributed by atoms with Gasteiger partial charge in [-0.25, -0.2) is 0 Å². The molecule has 0 saturated carbocycles. The molecule has 2 heterocycles. The number of benzene rings is 1. The molecule has 0 aliphatic carbocycles. The zero-order chi connectivity index (χ0) is 13.4. The molecule has 3 N–H and O–H groups in total. The first kappa shape index (κ1) is 12.9. The molecule has 2 fully saturated rings. The number of nitrogens with one attached hydrogen (secondary N) is 1. The van der Waals surface area contributed by atoms with Gasteiger partial charge in [0.1, 0.15) is 0 Å². The lowest BCUT2D eigenvalue weighted by molar-refractivity contribution is 0.100. The quantitative estimate of drug-likeness (QED) is 0.871. The molecule has 0 spiro atoms. The highest BCUT2D eigenvalue weighted by Crippen LogP contribution is 2.32. The third-order valence-corrected chi connectivity index (χ3v) is 4.66. The van der Waals surface area contributed by atoms with Gasteiger partial charge in [0.25, 0.3) is 5.91 Å². The highest BCUT2D eigenvalue weighted by molar-refractivity contribution is 9.10. The van der Waals surface area contributed by atoms with Gasteiger partial charge >= 0.3 is 0 Å². The fourth-order valence-electron chi connectivity index (χ4n) is 3.22. The summed E-state index contributed by atoms with van der Waals surface area (Å²) in [6.07, 6.45) is 2.52. The zero-order valence-electron chi connectivity index (χ0n) is 10.7. The first-order chi connectivity index (χ1) is 9.15. The minimum atomic E-state index is -0.356. The van der Waals surface area contributed by atoms with Crippen LogP contribution in [0.25, 0.3) is 0 Å². The number of amides is 1. The summed E-state index contributed by atoms with van der Waals surface area (Å²) >= 11 is 3.47.